The van der Waals surface area contributed by atoms with E-state index in [2.05, 4.69) is 20.6 Å². The van der Waals surface area contributed by atoms with Crippen LogP contribution in [0.15, 0.2) is 35.5 Å². The number of aliphatic hydroxyl groups excluding tert-OH is 1. The van der Waals surface area contributed by atoms with Crippen molar-refractivity contribution in [2.45, 2.75) is 18.2 Å². The van der Waals surface area contributed by atoms with Gasteiger partial charge in [0.05, 0.1) is 5.69 Å². The van der Waals surface area contributed by atoms with Gasteiger partial charge in [-0.25, -0.2) is 9.78 Å². The molecule has 0 saturated heterocycles. The van der Waals surface area contributed by atoms with E-state index < -0.39 is 0 Å². The first kappa shape index (κ1) is 18.0. The molecule has 0 aromatic carbocycles. The summed E-state index contributed by atoms with van der Waals surface area (Å²) in [5.74, 6) is 2.12. The summed E-state index contributed by atoms with van der Waals surface area (Å²) in [4.78, 5) is 20.9. The second kappa shape index (κ2) is 9.09. The van der Waals surface area contributed by atoms with E-state index in [1.54, 1.807) is 36.3 Å². The molecule has 0 bridgehead atoms. The Morgan fingerprint density at radius 3 is 2.92 bits per heavy atom. The van der Waals surface area contributed by atoms with Crippen molar-refractivity contribution in [1.82, 2.24) is 15.3 Å². The number of aromatic nitrogens is 2. The van der Waals surface area contributed by atoms with E-state index in [0.29, 0.717) is 23.7 Å². The number of aryl methyl sites for hydroxylation is 1. The predicted molar refractivity (Wildman–Crippen MR) is 93.8 cm³/mol. The summed E-state index contributed by atoms with van der Waals surface area (Å²) in [6.07, 6.45) is 4.04. The Labute approximate surface area is 144 Å². The molecule has 24 heavy (non-hydrogen) atoms. The summed E-state index contributed by atoms with van der Waals surface area (Å²) >= 11 is 1.56. The van der Waals surface area contributed by atoms with Crippen LogP contribution >= 0.6 is 11.8 Å². The number of aliphatic hydroxyl groups is 1. The number of nitrogens with one attached hydrogen (secondary N) is 2. The highest BCUT2D eigenvalue weighted by molar-refractivity contribution is 7.99. The average molecular weight is 348 g/mol. The van der Waals surface area contributed by atoms with Crippen LogP contribution in [0.1, 0.15) is 12.1 Å². The maximum absolute atomic E-state index is 11.6. The lowest BCUT2D eigenvalue weighted by Crippen LogP contribution is -2.25. The molecule has 0 aliphatic heterocycles. The lowest BCUT2D eigenvalue weighted by molar-refractivity contribution is 0.253. The van der Waals surface area contributed by atoms with Crippen molar-refractivity contribution in [3.8, 4) is 11.5 Å². The standard InChI is InChI=1S/C16H20N4O3S/c1-11-13(5-3-6-18-11)23-14-9-12(24-8-4-7-21)10-19-15(14)20-16(22)17-2/h3,5-6,9-10,21H,4,7-8H2,1-2H3,(H2,17,19,20,22). The van der Waals surface area contributed by atoms with Crippen molar-refractivity contribution in [2.24, 2.45) is 0 Å². The van der Waals surface area contributed by atoms with E-state index in [4.69, 9.17) is 9.84 Å². The van der Waals surface area contributed by atoms with E-state index in [-0.39, 0.29) is 12.6 Å². The molecule has 0 radical (unpaired) electrons. The van der Waals surface area contributed by atoms with Crippen molar-refractivity contribution in [2.75, 3.05) is 24.7 Å². The molecule has 2 aromatic heterocycles. The van der Waals surface area contributed by atoms with Crippen LogP contribution in [0.5, 0.6) is 11.5 Å². The van der Waals surface area contributed by atoms with Gasteiger partial charge in [-0.15, -0.1) is 11.8 Å². The zero-order valence-corrected chi connectivity index (χ0v) is 14.4. The minimum atomic E-state index is -0.379. The number of rotatable bonds is 7. The van der Waals surface area contributed by atoms with E-state index in [1.807, 2.05) is 13.0 Å². The van der Waals surface area contributed by atoms with E-state index >= 15 is 0 Å². The van der Waals surface area contributed by atoms with Crippen molar-refractivity contribution in [3.05, 3.63) is 36.3 Å². The molecular formula is C16H20N4O3S. The molecule has 128 valence electrons. The van der Waals surface area contributed by atoms with Gasteiger partial charge < -0.3 is 15.2 Å². The lowest BCUT2D eigenvalue weighted by atomic mass is 10.3. The third-order valence-corrected chi connectivity index (χ3v) is 4.09. The SMILES string of the molecule is CNC(=O)Nc1ncc(SCCCO)cc1Oc1cccnc1C. The molecule has 7 nitrogen and oxygen atoms in total. The fraction of sp³-hybridized carbons (Fsp3) is 0.312. The van der Waals surface area contributed by atoms with Gasteiger partial charge >= 0.3 is 6.03 Å². The summed E-state index contributed by atoms with van der Waals surface area (Å²) in [5.41, 5.74) is 0.738. The van der Waals surface area contributed by atoms with Crippen LogP contribution in [-0.4, -0.2) is 40.5 Å². The second-order valence-electron chi connectivity index (χ2n) is 4.84. The molecule has 0 atom stereocenters. The molecule has 8 heteroatoms. The maximum atomic E-state index is 11.6. The highest BCUT2D eigenvalue weighted by Crippen LogP contribution is 2.33. The fourth-order valence-corrected chi connectivity index (χ4v) is 2.62. The minimum Gasteiger partial charge on any atom is -0.452 e. The Morgan fingerprint density at radius 1 is 1.38 bits per heavy atom. The zero-order chi connectivity index (χ0) is 17.4. The number of thioether (sulfide) groups is 1. The van der Waals surface area contributed by atoms with Crippen molar-refractivity contribution in [3.63, 3.8) is 0 Å². The largest absolute Gasteiger partial charge is 0.452 e. The van der Waals surface area contributed by atoms with E-state index in [0.717, 1.165) is 16.3 Å². The zero-order valence-electron chi connectivity index (χ0n) is 13.6. The van der Waals surface area contributed by atoms with Gasteiger partial charge in [0.15, 0.2) is 11.6 Å². The van der Waals surface area contributed by atoms with Crippen LogP contribution in [0.25, 0.3) is 0 Å². The van der Waals surface area contributed by atoms with Crippen LogP contribution in [0.2, 0.25) is 0 Å². The van der Waals surface area contributed by atoms with Gasteiger partial charge in [-0.3, -0.25) is 10.3 Å². The van der Waals surface area contributed by atoms with Gasteiger partial charge in [0.25, 0.3) is 0 Å². The van der Waals surface area contributed by atoms with Gasteiger partial charge in [-0.1, -0.05) is 0 Å². The molecule has 2 amide bonds. The first-order valence-electron chi connectivity index (χ1n) is 7.46. The first-order chi connectivity index (χ1) is 11.6. The van der Waals surface area contributed by atoms with Gasteiger partial charge in [0.2, 0.25) is 0 Å². The molecule has 0 fully saturated rings. The number of ether oxygens (including phenoxy) is 1. The molecule has 0 spiro atoms. The molecule has 3 N–H and O–H groups in total. The number of hydrogen-bond donors (Lipinski definition) is 3. The number of hydrogen-bond acceptors (Lipinski definition) is 6. The quantitative estimate of drug-likeness (QED) is 0.526. The summed E-state index contributed by atoms with van der Waals surface area (Å²) in [7, 11) is 1.53. The molecule has 0 aliphatic rings. The van der Waals surface area contributed by atoms with Crippen molar-refractivity contribution < 1.29 is 14.6 Å². The van der Waals surface area contributed by atoms with E-state index in [1.165, 1.54) is 7.05 Å². The summed E-state index contributed by atoms with van der Waals surface area (Å²) < 4.78 is 5.90. The van der Waals surface area contributed by atoms with Crippen LogP contribution in [0.3, 0.4) is 0 Å². The summed E-state index contributed by atoms with van der Waals surface area (Å²) in [5, 5.41) is 14.0. The summed E-state index contributed by atoms with van der Waals surface area (Å²) in [6, 6.07) is 5.02. The highest BCUT2D eigenvalue weighted by atomic mass is 32.2. The summed E-state index contributed by atoms with van der Waals surface area (Å²) in [6.45, 7) is 1.99. The van der Waals surface area contributed by atoms with Crippen LogP contribution in [-0.2, 0) is 0 Å². The van der Waals surface area contributed by atoms with Gasteiger partial charge in [-0.05, 0) is 31.5 Å². The molecule has 2 aromatic rings. The predicted octanol–water partition coefficient (Wildman–Crippen LogP) is 2.80. The van der Waals surface area contributed by atoms with Crippen LogP contribution in [0, 0.1) is 6.92 Å². The molecule has 0 aliphatic carbocycles. The number of amides is 2. The highest BCUT2D eigenvalue weighted by Gasteiger charge is 2.12. The number of anilines is 1. The lowest BCUT2D eigenvalue weighted by Gasteiger charge is -2.13. The second-order valence-corrected chi connectivity index (χ2v) is 6.00. The van der Waals surface area contributed by atoms with E-state index in [9.17, 15) is 4.79 Å². The monoisotopic (exact) mass is 348 g/mol. The topological polar surface area (TPSA) is 96.4 Å². The Kier molecular flexibility index (Phi) is 6.83. The Bertz CT molecular complexity index is 697. The number of carbonyl (C=O) groups is 1. The van der Waals surface area contributed by atoms with Crippen LogP contribution in [0.4, 0.5) is 10.6 Å². The smallest absolute Gasteiger partial charge is 0.320 e. The third kappa shape index (κ3) is 5.10. The van der Waals surface area contributed by atoms with Crippen LogP contribution < -0.4 is 15.4 Å². The number of pyridine rings is 2. The molecule has 2 heterocycles. The van der Waals surface area contributed by atoms with Gasteiger partial charge in [-0.2, -0.15) is 0 Å². The fourth-order valence-electron chi connectivity index (χ4n) is 1.80. The average Bonchev–Trinajstić information content (AvgIpc) is 2.59. The van der Waals surface area contributed by atoms with Gasteiger partial charge in [0.1, 0.15) is 5.75 Å². The third-order valence-electron chi connectivity index (χ3n) is 3.04. The first-order valence-corrected chi connectivity index (χ1v) is 8.44. The Balaban J connectivity index is 2.26. The molecular weight excluding hydrogens is 328 g/mol. The number of urea groups is 1. The Morgan fingerprint density at radius 2 is 2.21 bits per heavy atom. The van der Waals surface area contributed by atoms with Crippen molar-refractivity contribution >= 4 is 23.6 Å². The van der Waals surface area contributed by atoms with Crippen molar-refractivity contribution in [1.29, 1.82) is 0 Å². The Hall–Kier alpha value is -2.32. The molecule has 0 unspecified atom stereocenters. The molecule has 0 saturated carbocycles. The normalized spacial score (nSPS) is 10.3. The molecule has 2 rings (SSSR count). The number of carbonyl (C=O) groups excluding carboxylic acids is 1. The maximum Gasteiger partial charge on any atom is 0.320 e. The minimum absolute atomic E-state index is 0.148. The number of nitrogens with zero attached hydrogens (tertiary/aromatic N) is 2. The van der Waals surface area contributed by atoms with Gasteiger partial charge in [0, 0.05) is 36.7 Å².